The van der Waals surface area contributed by atoms with Gasteiger partial charge in [0, 0.05) is 0 Å². The maximum Gasteiger partial charge on any atom is -0.00261 e. The Kier molecular flexibility index (Phi) is 4.89. The summed E-state index contributed by atoms with van der Waals surface area (Å²) in [7, 11) is 0. The molecule has 0 aliphatic heterocycles. The van der Waals surface area contributed by atoms with Crippen LogP contribution in [0.2, 0.25) is 0 Å². The Morgan fingerprint density at radius 1 is 0.250 bits per heavy atom. The first-order valence-corrected chi connectivity index (χ1v) is 12.5. The van der Waals surface area contributed by atoms with Crippen LogP contribution in [0.1, 0.15) is 0 Å². The zero-order chi connectivity index (χ0) is 23.9. The van der Waals surface area contributed by atoms with Crippen LogP contribution in [0.25, 0.3) is 65.7 Å². The third-order valence-corrected chi connectivity index (χ3v) is 7.23. The Hall–Kier alpha value is -4.68. The highest BCUT2D eigenvalue weighted by Gasteiger charge is 2.17. The third kappa shape index (κ3) is 3.39. The van der Waals surface area contributed by atoms with Crippen LogP contribution in [-0.2, 0) is 0 Å². The van der Waals surface area contributed by atoms with Crippen molar-refractivity contribution in [3.05, 3.63) is 146 Å². The van der Waals surface area contributed by atoms with Crippen LogP contribution in [0, 0.1) is 0 Å². The topological polar surface area (TPSA) is 0 Å². The molecule has 0 nitrogen and oxygen atoms in total. The van der Waals surface area contributed by atoms with Crippen molar-refractivity contribution in [2.75, 3.05) is 0 Å². The smallest absolute Gasteiger partial charge is 0.00261 e. The van der Waals surface area contributed by atoms with Crippen LogP contribution in [0.15, 0.2) is 146 Å². The quantitative estimate of drug-likeness (QED) is 0.232. The van der Waals surface area contributed by atoms with E-state index in [2.05, 4.69) is 146 Å². The predicted molar refractivity (Wildman–Crippen MR) is 155 cm³/mol. The van der Waals surface area contributed by atoms with E-state index in [1.165, 1.54) is 65.7 Å². The lowest BCUT2D eigenvalue weighted by Crippen LogP contribution is -1.91. The molecule has 0 fully saturated rings. The van der Waals surface area contributed by atoms with Gasteiger partial charge in [-0.2, -0.15) is 0 Å². The molecule has 0 saturated heterocycles. The molecular weight excluding hydrogens is 432 g/mol. The highest BCUT2D eigenvalue weighted by atomic mass is 14.2. The molecule has 0 radical (unpaired) electrons. The molecule has 0 spiro atoms. The second-order valence-electron chi connectivity index (χ2n) is 9.35. The second kappa shape index (κ2) is 8.52. The first-order chi connectivity index (χ1) is 17.9. The van der Waals surface area contributed by atoms with Gasteiger partial charge in [-0.1, -0.05) is 133 Å². The molecule has 0 aromatic heterocycles. The van der Waals surface area contributed by atoms with Crippen molar-refractivity contribution >= 4 is 32.3 Å². The highest BCUT2D eigenvalue weighted by Crippen LogP contribution is 2.45. The summed E-state index contributed by atoms with van der Waals surface area (Å²) in [6.07, 6.45) is 0. The summed E-state index contributed by atoms with van der Waals surface area (Å²) < 4.78 is 0. The first-order valence-electron chi connectivity index (χ1n) is 12.5. The van der Waals surface area contributed by atoms with E-state index in [0.29, 0.717) is 0 Å². The van der Waals surface area contributed by atoms with Crippen molar-refractivity contribution in [3.63, 3.8) is 0 Å². The van der Waals surface area contributed by atoms with Crippen LogP contribution in [0.3, 0.4) is 0 Å². The Morgan fingerprint density at radius 3 is 1.50 bits per heavy atom. The Bertz CT molecular complexity index is 1860. The van der Waals surface area contributed by atoms with Crippen LogP contribution in [0.5, 0.6) is 0 Å². The van der Waals surface area contributed by atoms with Gasteiger partial charge < -0.3 is 0 Å². The molecule has 0 heteroatoms. The molecule has 0 unspecified atom stereocenters. The summed E-state index contributed by atoms with van der Waals surface area (Å²) in [5, 5.41) is 7.66. The molecule has 0 heterocycles. The summed E-state index contributed by atoms with van der Waals surface area (Å²) in [5.41, 5.74) is 7.56. The summed E-state index contributed by atoms with van der Waals surface area (Å²) in [4.78, 5) is 0. The van der Waals surface area contributed by atoms with Crippen molar-refractivity contribution in [2.24, 2.45) is 0 Å². The van der Waals surface area contributed by atoms with Crippen molar-refractivity contribution in [1.82, 2.24) is 0 Å². The van der Waals surface area contributed by atoms with Crippen LogP contribution in [-0.4, -0.2) is 0 Å². The third-order valence-electron chi connectivity index (χ3n) is 7.23. The lowest BCUT2D eigenvalue weighted by Gasteiger charge is -2.19. The minimum atomic E-state index is 1.24. The number of hydrogen-bond donors (Lipinski definition) is 0. The molecule has 168 valence electrons. The fourth-order valence-corrected chi connectivity index (χ4v) is 5.56. The second-order valence-corrected chi connectivity index (χ2v) is 9.35. The Labute approximate surface area is 211 Å². The first kappa shape index (κ1) is 20.7. The average molecular weight is 457 g/mol. The van der Waals surface area contributed by atoms with Crippen molar-refractivity contribution in [1.29, 1.82) is 0 Å². The van der Waals surface area contributed by atoms with Gasteiger partial charge in [-0.05, 0) is 77.8 Å². The van der Waals surface area contributed by atoms with E-state index in [4.69, 9.17) is 0 Å². The maximum absolute atomic E-state index is 2.38. The number of fused-ring (bicyclic) bond motifs is 3. The number of benzene rings is 7. The summed E-state index contributed by atoms with van der Waals surface area (Å²) in [6.45, 7) is 0. The van der Waals surface area contributed by atoms with Crippen LogP contribution in [0.4, 0.5) is 0 Å². The van der Waals surface area contributed by atoms with E-state index in [9.17, 15) is 0 Å². The number of rotatable bonds is 3. The molecule has 0 aliphatic carbocycles. The zero-order valence-corrected chi connectivity index (χ0v) is 19.9. The van der Waals surface area contributed by atoms with Crippen LogP contribution >= 0.6 is 0 Å². The Morgan fingerprint density at radius 2 is 0.778 bits per heavy atom. The predicted octanol–water partition coefficient (Wildman–Crippen LogP) is 10.1. The van der Waals surface area contributed by atoms with Crippen molar-refractivity contribution < 1.29 is 0 Å². The summed E-state index contributed by atoms with van der Waals surface area (Å²) in [5.74, 6) is 0. The van der Waals surface area contributed by atoms with E-state index in [0.717, 1.165) is 0 Å². The van der Waals surface area contributed by atoms with Gasteiger partial charge >= 0.3 is 0 Å². The van der Waals surface area contributed by atoms with E-state index in [1.807, 2.05) is 0 Å². The monoisotopic (exact) mass is 456 g/mol. The maximum atomic E-state index is 2.38. The lowest BCUT2D eigenvalue weighted by atomic mass is 9.84. The standard InChI is InChI=1S/C36H24/c1-3-11-25(12-4-1)29-21-22-33-34(24-29)35(27-14-5-2-6-15-27)31-17-9-10-18-32(31)36(33)30-20-19-26-13-7-8-16-28(26)23-30/h1-24H. The van der Waals surface area contributed by atoms with Gasteiger partial charge in [-0.15, -0.1) is 0 Å². The van der Waals surface area contributed by atoms with Gasteiger partial charge in [0.25, 0.3) is 0 Å². The van der Waals surface area contributed by atoms with Gasteiger partial charge in [-0.25, -0.2) is 0 Å². The molecule has 7 rings (SSSR count). The SMILES string of the molecule is c1ccc(-c2ccc3c(-c4ccc5ccccc5c4)c4ccccc4c(-c4ccccc4)c3c2)cc1. The van der Waals surface area contributed by atoms with Gasteiger partial charge in [0.2, 0.25) is 0 Å². The molecular formula is C36H24. The fraction of sp³-hybridized carbons (Fsp3) is 0. The largest absolute Gasteiger partial charge is 0.0622 e. The summed E-state index contributed by atoms with van der Waals surface area (Å²) >= 11 is 0. The minimum absolute atomic E-state index is 1.24. The molecule has 7 aromatic carbocycles. The van der Waals surface area contributed by atoms with E-state index < -0.39 is 0 Å². The Balaban J connectivity index is 1.63. The van der Waals surface area contributed by atoms with Crippen LogP contribution < -0.4 is 0 Å². The molecule has 0 atom stereocenters. The van der Waals surface area contributed by atoms with E-state index in [1.54, 1.807) is 0 Å². The lowest BCUT2D eigenvalue weighted by molar-refractivity contribution is 1.63. The molecule has 0 bridgehead atoms. The molecule has 0 N–H and O–H groups in total. The fourth-order valence-electron chi connectivity index (χ4n) is 5.56. The average Bonchev–Trinajstić information content (AvgIpc) is 2.96. The normalized spacial score (nSPS) is 11.3. The molecule has 0 saturated carbocycles. The van der Waals surface area contributed by atoms with Crippen molar-refractivity contribution in [2.45, 2.75) is 0 Å². The zero-order valence-electron chi connectivity index (χ0n) is 19.9. The molecule has 36 heavy (non-hydrogen) atoms. The summed E-state index contributed by atoms with van der Waals surface area (Å²) in [6, 6.07) is 52.8. The van der Waals surface area contributed by atoms with Gasteiger partial charge in [0.05, 0.1) is 0 Å². The van der Waals surface area contributed by atoms with Gasteiger partial charge in [0.1, 0.15) is 0 Å². The van der Waals surface area contributed by atoms with Gasteiger partial charge in [0.15, 0.2) is 0 Å². The van der Waals surface area contributed by atoms with Gasteiger partial charge in [-0.3, -0.25) is 0 Å². The molecule has 7 aromatic rings. The van der Waals surface area contributed by atoms with E-state index in [-0.39, 0.29) is 0 Å². The molecule has 0 aliphatic rings. The van der Waals surface area contributed by atoms with E-state index >= 15 is 0 Å². The highest BCUT2D eigenvalue weighted by molar-refractivity contribution is 6.22. The molecule has 0 amide bonds. The van der Waals surface area contributed by atoms with Crippen molar-refractivity contribution in [3.8, 4) is 33.4 Å². The number of hydrogen-bond acceptors (Lipinski definition) is 0. The minimum Gasteiger partial charge on any atom is -0.0622 e.